The highest BCUT2D eigenvalue weighted by molar-refractivity contribution is 5.32. The summed E-state index contributed by atoms with van der Waals surface area (Å²) < 4.78 is 37.8. The first-order valence-electron chi connectivity index (χ1n) is 9.20. The van der Waals surface area contributed by atoms with E-state index in [2.05, 4.69) is 31.2 Å². The number of rotatable bonds is 4. The van der Waals surface area contributed by atoms with E-state index in [9.17, 15) is 13.2 Å². The third-order valence-electron chi connectivity index (χ3n) is 5.56. The van der Waals surface area contributed by atoms with E-state index in [1.807, 2.05) is 0 Å². The molecular formula is C22H25F3. The van der Waals surface area contributed by atoms with Crippen molar-refractivity contribution in [3.8, 4) is 0 Å². The van der Waals surface area contributed by atoms with Gasteiger partial charge in [0, 0.05) is 0 Å². The van der Waals surface area contributed by atoms with Crippen LogP contribution in [0.15, 0.2) is 48.5 Å². The minimum absolute atomic E-state index is 0.589. The van der Waals surface area contributed by atoms with Crippen LogP contribution >= 0.6 is 0 Å². The van der Waals surface area contributed by atoms with E-state index in [1.54, 1.807) is 12.1 Å². The molecule has 1 aliphatic rings. The van der Waals surface area contributed by atoms with Crippen LogP contribution in [0.1, 0.15) is 67.2 Å². The Bertz CT molecular complexity index is 660. The Balaban J connectivity index is 1.61. The molecule has 0 radical (unpaired) electrons. The number of hydrogen-bond donors (Lipinski definition) is 0. The van der Waals surface area contributed by atoms with Crippen molar-refractivity contribution in [2.45, 2.75) is 57.5 Å². The lowest BCUT2D eigenvalue weighted by Gasteiger charge is -2.28. The molecule has 1 aliphatic carbocycles. The molecule has 0 N–H and O–H groups in total. The van der Waals surface area contributed by atoms with Crippen molar-refractivity contribution in [1.82, 2.24) is 0 Å². The molecule has 2 aromatic rings. The van der Waals surface area contributed by atoms with Gasteiger partial charge in [0.25, 0.3) is 0 Å². The lowest BCUT2D eigenvalue weighted by atomic mass is 9.78. The Morgan fingerprint density at radius 3 is 1.80 bits per heavy atom. The summed E-state index contributed by atoms with van der Waals surface area (Å²) in [6.07, 6.45) is 2.90. The molecule has 134 valence electrons. The first kappa shape index (κ1) is 18.0. The predicted molar refractivity (Wildman–Crippen MR) is 95.7 cm³/mol. The van der Waals surface area contributed by atoms with Crippen molar-refractivity contribution in [1.29, 1.82) is 0 Å². The van der Waals surface area contributed by atoms with Gasteiger partial charge < -0.3 is 0 Å². The molecule has 1 saturated carbocycles. The van der Waals surface area contributed by atoms with Crippen LogP contribution in [0.3, 0.4) is 0 Å². The highest BCUT2D eigenvalue weighted by atomic mass is 19.4. The summed E-state index contributed by atoms with van der Waals surface area (Å²) in [5.74, 6) is 1.57. The van der Waals surface area contributed by atoms with Crippen molar-refractivity contribution in [2.24, 2.45) is 5.92 Å². The molecule has 3 rings (SSSR count). The van der Waals surface area contributed by atoms with Crippen LogP contribution in [0.4, 0.5) is 13.2 Å². The molecule has 0 unspecified atom stereocenters. The van der Waals surface area contributed by atoms with Gasteiger partial charge in [-0.1, -0.05) is 49.7 Å². The third-order valence-corrected chi connectivity index (χ3v) is 5.56. The van der Waals surface area contributed by atoms with E-state index < -0.39 is 11.7 Å². The van der Waals surface area contributed by atoms with Crippen LogP contribution < -0.4 is 0 Å². The highest BCUT2D eigenvalue weighted by Gasteiger charge is 2.29. The summed E-state index contributed by atoms with van der Waals surface area (Å²) in [6.45, 7) is 2.28. The Morgan fingerprint density at radius 1 is 0.800 bits per heavy atom. The molecule has 0 spiro atoms. The van der Waals surface area contributed by atoms with E-state index in [4.69, 9.17) is 0 Å². The Hall–Kier alpha value is -1.77. The maximum absolute atomic E-state index is 12.6. The zero-order valence-corrected chi connectivity index (χ0v) is 14.7. The van der Waals surface area contributed by atoms with Crippen molar-refractivity contribution < 1.29 is 13.2 Å². The molecule has 25 heavy (non-hydrogen) atoms. The lowest BCUT2D eigenvalue weighted by molar-refractivity contribution is -0.137. The standard InChI is InChI=1S/C22H25F3/c1-2-16-3-9-19(10-4-16)20-11-5-17(6-12-20)15-18-7-13-21(14-8-18)22(23,24)25/h5-8,11-14,16,19H,2-4,9-10,15H2,1H3. The summed E-state index contributed by atoms with van der Waals surface area (Å²) in [4.78, 5) is 0. The molecule has 0 heterocycles. The van der Waals surface area contributed by atoms with E-state index in [0.717, 1.165) is 29.2 Å². The Kier molecular flexibility index (Phi) is 5.51. The van der Waals surface area contributed by atoms with Gasteiger partial charge in [-0.25, -0.2) is 0 Å². The second-order valence-corrected chi connectivity index (χ2v) is 7.24. The number of alkyl halides is 3. The fraction of sp³-hybridized carbons (Fsp3) is 0.455. The summed E-state index contributed by atoms with van der Waals surface area (Å²) in [7, 11) is 0. The van der Waals surface area contributed by atoms with E-state index in [1.165, 1.54) is 37.7 Å². The fourth-order valence-electron chi connectivity index (χ4n) is 3.86. The van der Waals surface area contributed by atoms with Gasteiger partial charge in [-0.05, 0) is 72.8 Å². The monoisotopic (exact) mass is 346 g/mol. The topological polar surface area (TPSA) is 0 Å². The average Bonchev–Trinajstić information content (AvgIpc) is 2.62. The van der Waals surface area contributed by atoms with Gasteiger partial charge in [0.2, 0.25) is 0 Å². The quantitative estimate of drug-likeness (QED) is 0.560. The first-order chi connectivity index (χ1) is 12.0. The van der Waals surface area contributed by atoms with Gasteiger partial charge in [-0.15, -0.1) is 0 Å². The van der Waals surface area contributed by atoms with E-state index in [-0.39, 0.29) is 0 Å². The van der Waals surface area contributed by atoms with Gasteiger partial charge in [-0.3, -0.25) is 0 Å². The average molecular weight is 346 g/mol. The number of benzene rings is 2. The smallest absolute Gasteiger partial charge is 0.166 e. The predicted octanol–water partition coefficient (Wildman–Crippen LogP) is 6.98. The van der Waals surface area contributed by atoms with Crippen molar-refractivity contribution >= 4 is 0 Å². The molecule has 0 amide bonds. The summed E-state index contributed by atoms with van der Waals surface area (Å²) in [6, 6.07) is 14.1. The zero-order valence-electron chi connectivity index (χ0n) is 14.7. The molecule has 0 saturated heterocycles. The fourth-order valence-corrected chi connectivity index (χ4v) is 3.86. The van der Waals surface area contributed by atoms with Crippen LogP contribution in [0.2, 0.25) is 0 Å². The van der Waals surface area contributed by atoms with Crippen molar-refractivity contribution in [2.75, 3.05) is 0 Å². The second-order valence-electron chi connectivity index (χ2n) is 7.24. The van der Waals surface area contributed by atoms with Crippen LogP contribution in [0.25, 0.3) is 0 Å². The second kappa shape index (κ2) is 7.63. The SMILES string of the molecule is CCC1CCC(c2ccc(Cc3ccc(C(F)(F)F)cc3)cc2)CC1. The van der Waals surface area contributed by atoms with E-state index >= 15 is 0 Å². The van der Waals surface area contributed by atoms with Gasteiger partial charge >= 0.3 is 6.18 Å². The van der Waals surface area contributed by atoms with Crippen LogP contribution in [0.5, 0.6) is 0 Å². The van der Waals surface area contributed by atoms with Gasteiger partial charge in [0.15, 0.2) is 0 Å². The molecule has 0 aromatic heterocycles. The minimum Gasteiger partial charge on any atom is -0.166 e. The molecule has 3 heteroatoms. The largest absolute Gasteiger partial charge is 0.416 e. The van der Waals surface area contributed by atoms with Gasteiger partial charge in [0.1, 0.15) is 0 Å². The lowest BCUT2D eigenvalue weighted by Crippen LogP contribution is -2.12. The van der Waals surface area contributed by atoms with Gasteiger partial charge in [-0.2, -0.15) is 13.2 Å². The summed E-state index contributed by atoms with van der Waals surface area (Å²) in [5, 5.41) is 0. The highest BCUT2D eigenvalue weighted by Crippen LogP contribution is 2.37. The number of halogens is 3. The molecule has 1 fully saturated rings. The van der Waals surface area contributed by atoms with Crippen LogP contribution in [-0.2, 0) is 12.6 Å². The van der Waals surface area contributed by atoms with Crippen molar-refractivity contribution in [3.63, 3.8) is 0 Å². The Morgan fingerprint density at radius 2 is 1.32 bits per heavy atom. The zero-order chi connectivity index (χ0) is 17.9. The number of hydrogen-bond acceptors (Lipinski definition) is 0. The van der Waals surface area contributed by atoms with Crippen LogP contribution in [-0.4, -0.2) is 0 Å². The minimum atomic E-state index is -4.27. The summed E-state index contributed by atoms with van der Waals surface area (Å²) in [5.41, 5.74) is 2.87. The molecular weight excluding hydrogens is 321 g/mol. The normalized spacial score (nSPS) is 21.3. The molecule has 2 aromatic carbocycles. The first-order valence-corrected chi connectivity index (χ1v) is 9.20. The molecule has 0 aliphatic heterocycles. The molecule has 0 bridgehead atoms. The van der Waals surface area contributed by atoms with Crippen molar-refractivity contribution in [3.05, 3.63) is 70.8 Å². The molecule has 0 nitrogen and oxygen atoms in total. The molecule has 0 atom stereocenters. The summed E-state index contributed by atoms with van der Waals surface area (Å²) >= 11 is 0. The Labute approximate surface area is 148 Å². The van der Waals surface area contributed by atoms with Gasteiger partial charge in [0.05, 0.1) is 5.56 Å². The van der Waals surface area contributed by atoms with Crippen LogP contribution in [0, 0.1) is 5.92 Å². The maximum Gasteiger partial charge on any atom is 0.416 e. The maximum atomic E-state index is 12.6. The van der Waals surface area contributed by atoms with E-state index in [0.29, 0.717) is 12.3 Å². The third kappa shape index (κ3) is 4.65.